The van der Waals surface area contributed by atoms with Crippen LogP contribution in [0.5, 0.6) is 0 Å². The number of tetrazole rings is 1. The Labute approximate surface area is 173 Å². The predicted molar refractivity (Wildman–Crippen MR) is 103 cm³/mol. The Hall–Kier alpha value is -2.51. The van der Waals surface area contributed by atoms with E-state index < -0.39 is 17.3 Å². The highest BCUT2D eigenvalue weighted by atomic mass is 19.4. The van der Waals surface area contributed by atoms with Crippen LogP contribution in [0.25, 0.3) is 5.69 Å². The molecule has 10 heteroatoms. The number of piperidine rings is 2. The van der Waals surface area contributed by atoms with E-state index in [-0.39, 0.29) is 5.69 Å². The molecule has 2 aromatic rings. The van der Waals surface area contributed by atoms with E-state index in [1.165, 1.54) is 23.6 Å². The minimum Gasteiger partial charge on any atom is -0.306 e. The maximum Gasteiger partial charge on any atom is 0.417 e. The van der Waals surface area contributed by atoms with Crippen LogP contribution in [0.2, 0.25) is 0 Å². The number of nitriles is 1. The largest absolute Gasteiger partial charge is 0.417 e. The number of alkyl halides is 3. The molecule has 1 aromatic heterocycles. The first-order valence-corrected chi connectivity index (χ1v) is 10.1. The van der Waals surface area contributed by atoms with Gasteiger partial charge in [0.1, 0.15) is 0 Å². The molecule has 0 unspecified atom stereocenters. The fourth-order valence-electron chi connectivity index (χ4n) is 4.75. The molecule has 0 atom stereocenters. The van der Waals surface area contributed by atoms with Crippen molar-refractivity contribution in [2.45, 2.75) is 38.4 Å². The summed E-state index contributed by atoms with van der Waals surface area (Å²) in [4.78, 5) is 4.67. The van der Waals surface area contributed by atoms with Crippen molar-refractivity contribution in [3.8, 4) is 11.8 Å². The number of nitrogens with zero attached hydrogens (tertiary/aromatic N) is 7. The van der Waals surface area contributed by atoms with Gasteiger partial charge in [-0.05, 0) is 86.4 Å². The lowest BCUT2D eigenvalue weighted by molar-refractivity contribution is -0.137. The van der Waals surface area contributed by atoms with Gasteiger partial charge in [-0.15, -0.1) is 5.10 Å². The van der Waals surface area contributed by atoms with Crippen LogP contribution in [0, 0.1) is 16.7 Å². The van der Waals surface area contributed by atoms with Crippen molar-refractivity contribution in [3.63, 3.8) is 0 Å². The SMILES string of the molecule is CN1CCCC2(CCN(Cc3nnnn3-c3ccc(C#N)c(C(F)(F)F)c3)CC2)C1. The summed E-state index contributed by atoms with van der Waals surface area (Å²) < 4.78 is 41.3. The second-order valence-corrected chi connectivity index (χ2v) is 8.46. The van der Waals surface area contributed by atoms with E-state index >= 15 is 0 Å². The van der Waals surface area contributed by atoms with E-state index in [9.17, 15) is 13.2 Å². The molecule has 3 heterocycles. The first-order valence-electron chi connectivity index (χ1n) is 10.1. The van der Waals surface area contributed by atoms with Crippen molar-refractivity contribution in [3.05, 3.63) is 35.2 Å². The number of halogens is 3. The lowest BCUT2D eigenvalue weighted by atomic mass is 9.72. The van der Waals surface area contributed by atoms with E-state index in [4.69, 9.17) is 5.26 Å². The second kappa shape index (κ2) is 7.96. The summed E-state index contributed by atoms with van der Waals surface area (Å²) in [6, 6.07) is 5.13. The molecule has 7 nitrogen and oxygen atoms in total. The molecule has 2 fully saturated rings. The molecule has 0 saturated carbocycles. The van der Waals surface area contributed by atoms with Crippen LogP contribution in [0.1, 0.15) is 42.6 Å². The summed E-state index contributed by atoms with van der Waals surface area (Å²) in [6.45, 7) is 4.60. The third-order valence-electron chi connectivity index (χ3n) is 6.34. The van der Waals surface area contributed by atoms with Crippen LogP contribution in [-0.2, 0) is 12.7 Å². The average molecular weight is 419 g/mol. The fraction of sp³-hybridized carbons (Fsp3) is 0.600. The topological polar surface area (TPSA) is 73.9 Å². The Kier molecular flexibility index (Phi) is 5.51. The maximum atomic E-state index is 13.3. The summed E-state index contributed by atoms with van der Waals surface area (Å²) >= 11 is 0. The molecule has 0 amide bonds. The smallest absolute Gasteiger partial charge is 0.306 e. The van der Waals surface area contributed by atoms with E-state index in [1.807, 2.05) is 0 Å². The zero-order valence-electron chi connectivity index (χ0n) is 16.9. The minimum atomic E-state index is -4.62. The zero-order valence-corrected chi connectivity index (χ0v) is 16.9. The van der Waals surface area contributed by atoms with Crippen LogP contribution in [0.3, 0.4) is 0 Å². The summed E-state index contributed by atoms with van der Waals surface area (Å²) in [7, 11) is 2.17. The van der Waals surface area contributed by atoms with Crippen molar-refractivity contribution in [1.82, 2.24) is 30.0 Å². The van der Waals surface area contributed by atoms with Gasteiger partial charge in [-0.3, -0.25) is 4.90 Å². The highest BCUT2D eigenvalue weighted by Crippen LogP contribution is 2.39. The molecular weight excluding hydrogens is 395 g/mol. The lowest BCUT2D eigenvalue weighted by Crippen LogP contribution is -2.48. The van der Waals surface area contributed by atoms with Crippen molar-refractivity contribution in [2.24, 2.45) is 5.41 Å². The van der Waals surface area contributed by atoms with E-state index in [0.29, 0.717) is 17.8 Å². The van der Waals surface area contributed by atoms with Crippen LogP contribution in [-0.4, -0.2) is 63.2 Å². The Morgan fingerprint density at radius 3 is 2.60 bits per heavy atom. The third kappa shape index (κ3) is 4.18. The van der Waals surface area contributed by atoms with E-state index in [2.05, 4.69) is 32.4 Å². The van der Waals surface area contributed by atoms with Crippen LogP contribution in [0.15, 0.2) is 18.2 Å². The molecule has 1 aromatic carbocycles. The molecule has 0 radical (unpaired) electrons. The van der Waals surface area contributed by atoms with Crippen molar-refractivity contribution in [1.29, 1.82) is 5.26 Å². The molecule has 160 valence electrons. The van der Waals surface area contributed by atoms with Gasteiger partial charge in [0.05, 0.1) is 29.4 Å². The fourth-order valence-corrected chi connectivity index (χ4v) is 4.75. The maximum absolute atomic E-state index is 13.3. The molecule has 2 aliphatic heterocycles. The molecule has 30 heavy (non-hydrogen) atoms. The van der Waals surface area contributed by atoms with Crippen molar-refractivity contribution >= 4 is 0 Å². The number of hydrogen-bond donors (Lipinski definition) is 0. The van der Waals surface area contributed by atoms with Gasteiger partial charge in [0, 0.05) is 6.54 Å². The van der Waals surface area contributed by atoms with Crippen LogP contribution < -0.4 is 0 Å². The molecule has 2 saturated heterocycles. The zero-order chi connectivity index (χ0) is 21.4. The third-order valence-corrected chi connectivity index (χ3v) is 6.34. The Bertz CT molecular complexity index is 939. The number of benzene rings is 1. The molecule has 0 bridgehead atoms. The van der Waals surface area contributed by atoms with Gasteiger partial charge < -0.3 is 4.90 Å². The lowest BCUT2D eigenvalue weighted by Gasteiger charge is -2.46. The van der Waals surface area contributed by atoms with Gasteiger partial charge in [0.15, 0.2) is 5.82 Å². The molecule has 1 spiro atoms. The minimum absolute atomic E-state index is 0.198. The quantitative estimate of drug-likeness (QED) is 0.762. The van der Waals surface area contributed by atoms with E-state index in [1.54, 1.807) is 6.07 Å². The van der Waals surface area contributed by atoms with Gasteiger partial charge in [-0.1, -0.05) is 0 Å². The normalized spacial score (nSPS) is 20.4. The summed E-state index contributed by atoms with van der Waals surface area (Å²) in [5.41, 5.74) is -0.821. The summed E-state index contributed by atoms with van der Waals surface area (Å²) in [5.74, 6) is 0.490. The monoisotopic (exact) mass is 419 g/mol. The molecule has 0 N–H and O–H groups in total. The highest BCUT2D eigenvalue weighted by Gasteiger charge is 2.38. The average Bonchev–Trinajstić information content (AvgIpc) is 3.17. The second-order valence-electron chi connectivity index (χ2n) is 8.46. The van der Waals surface area contributed by atoms with Gasteiger partial charge in [0.25, 0.3) is 0 Å². The number of likely N-dealkylation sites (tertiary alicyclic amines) is 2. The number of hydrogen-bond acceptors (Lipinski definition) is 6. The van der Waals surface area contributed by atoms with Gasteiger partial charge >= 0.3 is 6.18 Å². The van der Waals surface area contributed by atoms with E-state index in [0.717, 1.165) is 51.2 Å². The first kappa shape index (κ1) is 20.8. The number of rotatable bonds is 3. The number of aromatic nitrogens is 4. The van der Waals surface area contributed by atoms with Crippen LogP contribution >= 0.6 is 0 Å². The van der Waals surface area contributed by atoms with Crippen molar-refractivity contribution in [2.75, 3.05) is 33.2 Å². The molecular formula is C20H24F3N7. The van der Waals surface area contributed by atoms with Crippen LogP contribution in [0.4, 0.5) is 13.2 Å². The Balaban J connectivity index is 1.49. The van der Waals surface area contributed by atoms with Crippen molar-refractivity contribution < 1.29 is 13.2 Å². The molecule has 4 rings (SSSR count). The predicted octanol–water partition coefficient (Wildman–Crippen LogP) is 2.86. The molecule has 2 aliphatic rings. The Morgan fingerprint density at radius 2 is 1.93 bits per heavy atom. The summed E-state index contributed by atoms with van der Waals surface area (Å²) in [6.07, 6.45) is 0.0783. The summed E-state index contributed by atoms with van der Waals surface area (Å²) in [5, 5.41) is 20.6. The molecule has 0 aliphatic carbocycles. The highest BCUT2D eigenvalue weighted by molar-refractivity contribution is 5.47. The van der Waals surface area contributed by atoms with Gasteiger partial charge in [-0.2, -0.15) is 23.1 Å². The van der Waals surface area contributed by atoms with Gasteiger partial charge in [-0.25, -0.2) is 0 Å². The Morgan fingerprint density at radius 1 is 1.17 bits per heavy atom. The van der Waals surface area contributed by atoms with Gasteiger partial charge in [0.2, 0.25) is 0 Å². The first-order chi connectivity index (χ1) is 14.3. The standard InChI is InChI=1S/C20H24F3N7/c1-28-8-2-5-19(14-28)6-9-29(10-7-19)13-18-25-26-27-30(18)16-4-3-15(12-24)17(11-16)20(21,22)23/h3-4,11H,2,5-10,13-14H2,1H3.